The maximum absolute atomic E-state index is 12.1. The zero-order valence-corrected chi connectivity index (χ0v) is 18.3. The summed E-state index contributed by atoms with van der Waals surface area (Å²) in [5, 5.41) is 2.79. The van der Waals surface area contributed by atoms with Gasteiger partial charge in [-0.2, -0.15) is 0 Å². The number of carbonyl (C=O) groups excluding carboxylic acids is 1. The predicted octanol–water partition coefficient (Wildman–Crippen LogP) is 5.38. The number of halogens is 1. The highest BCUT2D eigenvalue weighted by molar-refractivity contribution is 14.1. The normalized spacial score (nSPS) is 10.7. The minimum atomic E-state index is -0.237. The molecule has 0 saturated carbocycles. The first-order chi connectivity index (χ1) is 14.0. The van der Waals surface area contributed by atoms with E-state index in [4.69, 9.17) is 9.47 Å². The van der Waals surface area contributed by atoms with E-state index in [1.54, 1.807) is 13.3 Å². The molecule has 0 radical (unpaired) electrons. The van der Waals surface area contributed by atoms with Crippen LogP contribution in [-0.2, 0) is 4.79 Å². The van der Waals surface area contributed by atoms with Crippen LogP contribution in [0.25, 0.3) is 0 Å². The number of methoxy groups -OCH3 is 1. The number of nitrogens with zero attached hydrogens (tertiary/aromatic N) is 1. The third-order valence-electron chi connectivity index (χ3n) is 4.05. The summed E-state index contributed by atoms with van der Waals surface area (Å²) in [6.07, 6.45) is 1.78. The molecule has 3 aromatic carbocycles. The average molecular weight is 500 g/mol. The molecule has 3 rings (SSSR count). The molecular formula is C23H21IN2O3. The van der Waals surface area contributed by atoms with Crippen LogP contribution in [0.15, 0.2) is 71.7 Å². The van der Waals surface area contributed by atoms with E-state index in [0.717, 1.165) is 20.5 Å². The van der Waals surface area contributed by atoms with Crippen molar-refractivity contribution >= 4 is 46.1 Å². The Balaban J connectivity index is 1.69. The molecule has 0 fully saturated rings. The second kappa shape index (κ2) is 10.1. The van der Waals surface area contributed by atoms with Gasteiger partial charge in [-0.05, 0) is 71.5 Å². The third kappa shape index (κ3) is 6.05. The van der Waals surface area contributed by atoms with Crippen LogP contribution in [0.5, 0.6) is 11.5 Å². The van der Waals surface area contributed by atoms with E-state index in [9.17, 15) is 4.79 Å². The Morgan fingerprint density at radius 1 is 1.10 bits per heavy atom. The number of rotatable bonds is 7. The molecule has 1 N–H and O–H groups in total. The van der Waals surface area contributed by atoms with Gasteiger partial charge in [0.25, 0.3) is 5.91 Å². The standard InChI is InChI=1S/C23H21IN2O3/c1-16-8-10-18(11-9-16)25-14-17-12-20(24)23(21(13-17)28-2)29-15-22(27)26-19-6-4-3-5-7-19/h3-14H,15H2,1-2H3,(H,26,27). The molecule has 0 atom stereocenters. The van der Waals surface area contributed by atoms with Gasteiger partial charge in [0.1, 0.15) is 0 Å². The molecule has 0 aliphatic carbocycles. The Hall–Kier alpha value is -2.87. The monoisotopic (exact) mass is 500 g/mol. The molecule has 148 valence electrons. The SMILES string of the molecule is COc1cc(C=Nc2ccc(C)cc2)cc(I)c1OCC(=O)Nc1ccccc1. The molecule has 0 aliphatic heterocycles. The second-order valence-electron chi connectivity index (χ2n) is 6.33. The van der Waals surface area contributed by atoms with Crippen molar-refractivity contribution in [3.8, 4) is 11.5 Å². The Bertz CT molecular complexity index is 1000. The predicted molar refractivity (Wildman–Crippen MR) is 125 cm³/mol. The quantitative estimate of drug-likeness (QED) is 0.350. The van der Waals surface area contributed by atoms with Gasteiger partial charge in [-0.15, -0.1) is 0 Å². The number of hydrogen-bond acceptors (Lipinski definition) is 4. The number of anilines is 1. The number of nitrogens with one attached hydrogen (secondary N) is 1. The summed E-state index contributed by atoms with van der Waals surface area (Å²) in [5.41, 5.74) is 3.68. The summed E-state index contributed by atoms with van der Waals surface area (Å²) in [6, 6.07) is 21.0. The summed E-state index contributed by atoms with van der Waals surface area (Å²) >= 11 is 2.17. The second-order valence-corrected chi connectivity index (χ2v) is 7.49. The summed E-state index contributed by atoms with van der Waals surface area (Å²) in [5.74, 6) is 0.845. The van der Waals surface area contributed by atoms with E-state index in [1.807, 2.05) is 73.7 Å². The number of amides is 1. The van der Waals surface area contributed by atoms with Crippen LogP contribution in [0.2, 0.25) is 0 Å². The van der Waals surface area contributed by atoms with Crippen molar-refractivity contribution in [2.24, 2.45) is 4.99 Å². The first kappa shape index (κ1) is 20.9. The first-order valence-electron chi connectivity index (χ1n) is 9.01. The summed E-state index contributed by atoms with van der Waals surface area (Å²) < 4.78 is 12.0. The number of aryl methyl sites for hydroxylation is 1. The van der Waals surface area contributed by atoms with Crippen molar-refractivity contribution < 1.29 is 14.3 Å². The van der Waals surface area contributed by atoms with E-state index < -0.39 is 0 Å². The molecule has 29 heavy (non-hydrogen) atoms. The molecule has 6 heteroatoms. The third-order valence-corrected chi connectivity index (χ3v) is 4.85. The molecule has 1 amide bonds. The summed E-state index contributed by atoms with van der Waals surface area (Å²) in [7, 11) is 1.57. The van der Waals surface area contributed by atoms with Gasteiger partial charge in [-0.25, -0.2) is 0 Å². The molecule has 0 spiro atoms. The van der Waals surface area contributed by atoms with Gasteiger partial charge in [0.15, 0.2) is 18.1 Å². The highest BCUT2D eigenvalue weighted by atomic mass is 127. The lowest BCUT2D eigenvalue weighted by Gasteiger charge is -2.13. The Labute approximate surface area is 183 Å². The lowest BCUT2D eigenvalue weighted by Crippen LogP contribution is -2.20. The van der Waals surface area contributed by atoms with E-state index in [1.165, 1.54) is 5.56 Å². The van der Waals surface area contributed by atoms with Crippen molar-refractivity contribution in [2.45, 2.75) is 6.92 Å². The molecule has 0 aromatic heterocycles. The molecule has 0 saturated heterocycles. The Kier molecular flexibility index (Phi) is 7.24. The fourth-order valence-electron chi connectivity index (χ4n) is 2.59. The van der Waals surface area contributed by atoms with Crippen molar-refractivity contribution in [1.29, 1.82) is 0 Å². The fourth-order valence-corrected chi connectivity index (χ4v) is 3.37. The molecule has 0 bridgehead atoms. The Morgan fingerprint density at radius 3 is 2.52 bits per heavy atom. The largest absolute Gasteiger partial charge is 0.493 e. The van der Waals surface area contributed by atoms with Gasteiger partial charge in [-0.1, -0.05) is 35.9 Å². The van der Waals surface area contributed by atoms with Crippen molar-refractivity contribution in [2.75, 3.05) is 19.0 Å². The van der Waals surface area contributed by atoms with Gasteiger partial charge >= 0.3 is 0 Å². The highest BCUT2D eigenvalue weighted by Crippen LogP contribution is 2.33. The van der Waals surface area contributed by atoms with Gasteiger partial charge in [0.05, 0.1) is 16.4 Å². The summed E-state index contributed by atoms with van der Waals surface area (Å²) in [6.45, 7) is 1.93. The van der Waals surface area contributed by atoms with Crippen molar-refractivity contribution in [3.63, 3.8) is 0 Å². The molecular weight excluding hydrogens is 479 g/mol. The number of para-hydroxylation sites is 1. The number of ether oxygens (including phenoxy) is 2. The van der Waals surface area contributed by atoms with E-state index in [0.29, 0.717) is 11.5 Å². The van der Waals surface area contributed by atoms with Gasteiger partial charge < -0.3 is 14.8 Å². The molecule has 0 heterocycles. The summed E-state index contributed by atoms with van der Waals surface area (Å²) in [4.78, 5) is 16.6. The van der Waals surface area contributed by atoms with Crippen LogP contribution in [0.3, 0.4) is 0 Å². The lowest BCUT2D eigenvalue weighted by molar-refractivity contribution is -0.118. The van der Waals surface area contributed by atoms with E-state index >= 15 is 0 Å². The maximum atomic E-state index is 12.1. The molecule has 3 aromatic rings. The van der Waals surface area contributed by atoms with Crippen LogP contribution in [-0.4, -0.2) is 25.8 Å². The number of hydrogen-bond donors (Lipinski definition) is 1. The maximum Gasteiger partial charge on any atom is 0.262 e. The number of benzene rings is 3. The van der Waals surface area contributed by atoms with Crippen LogP contribution < -0.4 is 14.8 Å². The minimum absolute atomic E-state index is 0.113. The lowest BCUT2D eigenvalue weighted by atomic mass is 10.2. The van der Waals surface area contributed by atoms with Crippen molar-refractivity contribution in [3.05, 3.63) is 81.4 Å². The van der Waals surface area contributed by atoms with E-state index in [2.05, 4.69) is 32.9 Å². The van der Waals surface area contributed by atoms with Crippen molar-refractivity contribution in [1.82, 2.24) is 0 Å². The van der Waals surface area contributed by atoms with Crippen LogP contribution in [0, 0.1) is 10.5 Å². The average Bonchev–Trinajstić information content (AvgIpc) is 2.73. The van der Waals surface area contributed by atoms with Gasteiger partial charge in [-0.3, -0.25) is 9.79 Å². The zero-order chi connectivity index (χ0) is 20.6. The smallest absolute Gasteiger partial charge is 0.262 e. The first-order valence-corrected chi connectivity index (χ1v) is 10.1. The van der Waals surface area contributed by atoms with Gasteiger partial charge in [0, 0.05) is 11.9 Å². The van der Waals surface area contributed by atoms with Crippen LogP contribution >= 0.6 is 22.6 Å². The molecule has 5 nitrogen and oxygen atoms in total. The van der Waals surface area contributed by atoms with Crippen LogP contribution in [0.4, 0.5) is 11.4 Å². The highest BCUT2D eigenvalue weighted by Gasteiger charge is 2.13. The number of aliphatic imine (C=N–C) groups is 1. The van der Waals surface area contributed by atoms with Crippen LogP contribution in [0.1, 0.15) is 11.1 Å². The Morgan fingerprint density at radius 2 is 1.83 bits per heavy atom. The fraction of sp³-hybridized carbons (Fsp3) is 0.130. The number of carbonyl (C=O) groups is 1. The molecule has 0 unspecified atom stereocenters. The van der Waals surface area contributed by atoms with E-state index in [-0.39, 0.29) is 12.5 Å². The van der Waals surface area contributed by atoms with Gasteiger partial charge in [0.2, 0.25) is 0 Å². The molecule has 0 aliphatic rings. The zero-order valence-electron chi connectivity index (χ0n) is 16.2. The topological polar surface area (TPSA) is 59.9 Å². The minimum Gasteiger partial charge on any atom is -0.493 e.